The van der Waals surface area contributed by atoms with Crippen molar-refractivity contribution >= 4 is 27.7 Å². The summed E-state index contributed by atoms with van der Waals surface area (Å²) in [4.78, 5) is 32.1. The van der Waals surface area contributed by atoms with Gasteiger partial charge in [0.25, 0.3) is 5.91 Å². The lowest BCUT2D eigenvalue weighted by atomic mass is 9.91. The van der Waals surface area contributed by atoms with E-state index in [-0.39, 0.29) is 54.9 Å². The summed E-state index contributed by atoms with van der Waals surface area (Å²) in [5.74, 6) is -4.77. The maximum absolute atomic E-state index is 14.3. The van der Waals surface area contributed by atoms with Crippen molar-refractivity contribution in [1.29, 1.82) is 5.26 Å². The average molecular weight is 652 g/mol. The van der Waals surface area contributed by atoms with Crippen molar-refractivity contribution in [1.82, 2.24) is 15.2 Å². The fourth-order valence-electron chi connectivity index (χ4n) is 5.78. The molecule has 242 valence electrons. The van der Waals surface area contributed by atoms with E-state index >= 15 is 0 Å². The highest BCUT2D eigenvalue weighted by molar-refractivity contribution is 8.45. The van der Waals surface area contributed by atoms with Gasteiger partial charge in [0.2, 0.25) is 11.8 Å². The predicted octanol–water partition coefficient (Wildman–Crippen LogP) is 6.43. The number of aromatic nitrogens is 1. The molecule has 2 heterocycles. The Bertz CT molecular complexity index is 1470. The lowest BCUT2D eigenvalue weighted by molar-refractivity contribution is -0.129. The molecule has 2 amide bonds. The number of amides is 2. The van der Waals surface area contributed by atoms with Crippen molar-refractivity contribution in [2.24, 2.45) is 0 Å². The van der Waals surface area contributed by atoms with Gasteiger partial charge in [0.05, 0.1) is 12.1 Å². The second-order valence-electron chi connectivity index (χ2n) is 11.8. The smallest absolute Gasteiger partial charge is 0.310 e. The van der Waals surface area contributed by atoms with E-state index in [9.17, 15) is 48.2 Å². The zero-order chi connectivity index (χ0) is 32.9. The second kappa shape index (κ2) is 10.5. The van der Waals surface area contributed by atoms with Gasteiger partial charge in [-0.05, 0) is 69.5 Å². The summed E-state index contributed by atoms with van der Waals surface area (Å²) < 4.78 is 95.5. The Morgan fingerprint density at radius 1 is 1.11 bits per heavy atom. The largest absolute Gasteiger partial charge is 0.388 e. The number of anilines is 1. The molecule has 1 saturated heterocycles. The molecule has 4 rings (SSSR count). The number of β-amino-alcohol motifs (C(OH)–C–C–N with tert-alkyl or cyclic N) is 1. The molecule has 2 aromatic rings. The fourth-order valence-corrected chi connectivity index (χ4v) is 6.43. The zero-order valence-electron chi connectivity index (χ0n) is 24.0. The lowest BCUT2D eigenvalue weighted by Gasteiger charge is -2.41. The number of nitrogens with one attached hydrogen (secondary N) is 1. The van der Waals surface area contributed by atoms with E-state index < -0.39 is 69.4 Å². The van der Waals surface area contributed by atoms with Crippen molar-refractivity contribution in [3.63, 3.8) is 0 Å². The maximum Gasteiger partial charge on any atom is 0.310 e. The molecule has 1 aliphatic heterocycles. The summed E-state index contributed by atoms with van der Waals surface area (Å²) in [5, 5.41) is 23.0. The zero-order valence-corrected chi connectivity index (χ0v) is 24.9. The topological polar surface area (TPSA) is 110 Å². The summed E-state index contributed by atoms with van der Waals surface area (Å²) in [7, 11) is -10.1. The van der Waals surface area contributed by atoms with Crippen LogP contribution in [0.15, 0.2) is 41.4 Å². The first-order valence-electron chi connectivity index (χ1n) is 13.7. The molecular weight excluding hydrogens is 619 g/mol. The molecule has 3 unspecified atom stereocenters. The van der Waals surface area contributed by atoms with E-state index in [1.807, 2.05) is 0 Å². The van der Waals surface area contributed by atoms with E-state index in [1.165, 1.54) is 26.1 Å². The summed E-state index contributed by atoms with van der Waals surface area (Å²) in [5.41, 5.74) is -1.08. The van der Waals surface area contributed by atoms with Gasteiger partial charge in [-0.1, -0.05) is 19.4 Å². The Morgan fingerprint density at radius 3 is 2.23 bits per heavy atom. The number of halogens is 7. The third-order valence-electron chi connectivity index (χ3n) is 7.98. The number of benzene rings is 1. The van der Waals surface area contributed by atoms with E-state index in [1.54, 1.807) is 13.1 Å². The predicted molar refractivity (Wildman–Crippen MR) is 148 cm³/mol. The van der Waals surface area contributed by atoms with E-state index in [2.05, 4.69) is 10.3 Å². The van der Waals surface area contributed by atoms with Crippen molar-refractivity contribution in [3.8, 4) is 6.19 Å². The van der Waals surface area contributed by atoms with Gasteiger partial charge in [-0.25, -0.2) is 8.78 Å². The van der Waals surface area contributed by atoms with Crippen LogP contribution in [0.2, 0.25) is 0 Å². The van der Waals surface area contributed by atoms with Crippen LogP contribution >= 0.6 is 10.2 Å². The van der Waals surface area contributed by atoms with Crippen molar-refractivity contribution in [2.75, 3.05) is 11.4 Å². The summed E-state index contributed by atoms with van der Waals surface area (Å²) >= 11 is 0. The number of alkyl halides is 2. The van der Waals surface area contributed by atoms with Gasteiger partial charge in [-0.3, -0.25) is 24.4 Å². The molecular formula is C28H32F7N5O3S. The Labute approximate surface area is 249 Å². The molecule has 44 heavy (non-hydrogen) atoms. The minimum Gasteiger partial charge on any atom is -0.388 e. The number of hydrogen-bond donors (Lipinski definition) is 2. The number of carbonyl (C=O) groups excluding carboxylic acids is 2. The highest BCUT2D eigenvalue weighted by Crippen LogP contribution is 3.02. The molecule has 2 fully saturated rings. The highest BCUT2D eigenvalue weighted by Gasteiger charge is 2.65. The van der Waals surface area contributed by atoms with Crippen LogP contribution in [0.1, 0.15) is 61.9 Å². The number of hydrogen-bond acceptors (Lipinski definition) is 6. The Kier molecular flexibility index (Phi) is 7.96. The van der Waals surface area contributed by atoms with Crippen LogP contribution in [0.25, 0.3) is 0 Å². The number of nitriles is 1. The molecule has 3 atom stereocenters. The minimum absolute atomic E-state index is 0.0866. The van der Waals surface area contributed by atoms with Gasteiger partial charge >= 0.3 is 10.2 Å². The number of rotatable bonds is 7. The second-order valence-corrected chi connectivity index (χ2v) is 14.2. The molecule has 2 aliphatic rings. The third-order valence-corrected chi connectivity index (χ3v) is 9.15. The minimum atomic E-state index is -10.1. The van der Waals surface area contributed by atoms with Gasteiger partial charge in [-0.2, -0.15) is 5.26 Å². The first kappa shape index (κ1) is 33.3. The first-order valence-corrected chi connectivity index (χ1v) is 15.6. The standard InChI is InChI=1S/C28H32F7N5O3S/c1-17-10-13-37-18(2)23(17)24(25(41)38-19-8-11-28(29,30)12-9-19)40(26(42)22-14-27(3,43)15-39(22)16-36)20-4-6-21(7-5-20)44(31,32,33,34)35/h4-7,10,13,19,22,24,43H,8-9,11-12,14-15H2,1-3H3,(H,38,41). The normalized spacial score (nSPS) is 24.5. The van der Waals surface area contributed by atoms with Crippen LogP contribution < -0.4 is 10.2 Å². The highest BCUT2D eigenvalue weighted by atomic mass is 32.5. The number of aliphatic hydroxyl groups is 1. The summed E-state index contributed by atoms with van der Waals surface area (Å²) in [6.07, 6.45) is 1.76. The number of likely N-dealkylation sites (tertiary alicyclic amines) is 1. The molecule has 1 saturated carbocycles. The molecule has 1 aromatic carbocycles. The van der Waals surface area contributed by atoms with Gasteiger partial charge < -0.3 is 10.4 Å². The van der Waals surface area contributed by atoms with Gasteiger partial charge in [0.15, 0.2) is 6.19 Å². The summed E-state index contributed by atoms with van der Waals surface area (Å²) in [6.45, 7) is 4.21. The number of carbonyl (C=O) groups is 2. The van der Waals surface area contributed by atoms with Crippen molar-refractivity contribution in [3.05, 3.63) is 53.3 Å². The van der Waals surface area contributed by atoms with Crippen LogP contribution in [0.4, 0.5) is 33.9 Å². The molecule has 1 aromatic heterocycles. The Balaban J connectivity index is 1.88. The molecule has 0 spiro atoms. The molecule has 2 N–H and O–H groups in total. The third kappa shape index (κ3) is 7.20. The van der Waals surface area contributed by atoms with Crippen LogP contribution in [0, 0.1) is 25.3 Å². The average Bonchev–Trinajstić information content (AvgIpc) is 3.22. The van der Waals surface area contributed by atoms with E-state index in [4.69, 9.17) is 0 Å². The molecule has 0 radical (unpaired) electrons. The fraction of sp³-hybridized carbons (Fsp3) is 0.500. The van der Waals surface area contributed by atoms with E-state index in [0.717, 1.165) is 9.80 Å². The molecule has 8 nitrogen and oxygen atoms in total. The quantitative estimate of drug-likeness (QED) is 0.264. The van der Waals surface area contributed by atoms with Gasteiger partial charge in [0, 0.05) is 48.4 Å². The Morgan fingerprint density at radius 2 is 1.70 bits per heavy atom. The Hall–Kier alpha value is -3.58. The molecule has 1 aliphatic carbocycles. The number of nitrogens with zero attached hydrogens (tertiary/aromatic N) is 4. The monoisotopic (exact) mass is 651 g/mol. The maximum atomic E-state index is 14.3. The van der Waals surface area contributed by atoms with Crippen LogP contribution in [0.5, 0.6) is 0 Å². The van der Waals surface area contributed by atoms with Crippen molar-refractivity contribution in [2.45, 2.75) is 87.4 Å². The van der Waals surface area contributed by atoms with E-state index in [0.29, 0.717) is 17.7 Å². The molecule has 16 heteroatoms. The van der Waals surface area contributed by atoms with Gasteiger partial charge in [-0.15, -0.1) is 0 Å². The van der Waals surface area contributed by atoms with Crippen LogP contribution in [-0.2, 0) is 9.59 Å². The lowest BCUT2D eigenvalue weighted by Crippen LogP contribution is -2.52. The van der Waals surface area contributed by atoms with Crippen molar-refractivity contribution < 1.29 is 42.9 Å². The SMILES string of the molecule is Cc1ccnc(C)c1C(C(=O)NC1CCC(F)(F)CC1)N(C(=O)C1CC(C)(O)CN1C#N)c1ccc(S(F)(F)(F)(F)F)cc1. The number of pyridine rings is 1. The first-order chi connectivity index (χ1) is 20.0. The van der Waals surface area contributed by atoms with Crippen LogP contribution in [-0.4, -0.2) is 57.0 Å². The summed E-state index contributed by atoms with van der Waals surface area (Å²) in [6, 6.07) is -0.810. The van der Waals surface area contributed by atoms with Crippen LogP contribution in [0.3, 0.4) is 0 Å². The number of aryl methyl sites for hydroxylation is 2. The molecule has 0 bridgehead atoms. The van der Waals surface area contributed by atoms with Gasteiger partial charge in [0.1, 0.15) is 17.0 Å².